The Morgan fingerprint density at radius 2 is 1.93 bits per heavy atom. The van der Waals surface area contributed by atoms with Gasteiger partial charge in [0.1, 0.15) is 18.1 Å². The van der Waals surface area contributed by atoms with Crippen molar-refractivity contribution in [2.75, 3.05) is 11.9 Å². The van der Waals surface area contributed by atoms with E-state index in [0.717, 1.165) is 23.9 Å². The van der Waals surface area contributed by atoms with Crippen molar-refractivity contribution < 1.29 is 22.7 Å². The fraction of sp³-hybridized carbons (Fsp3) is 0.471. The minimum absolute atomic E-state index is 0.0411. The minimum Gasteiger partial charge on any atom is -0.484 e. The molecule has 7 nitrogen and oxygen atoms in total. The van der Waals surface area contributed by atoms with Crippen molar-refractivity contribution in [3.8, 4) is 5.75 Å². The van der Waals surface area contributed by atoms with Gasteiger partial charge in [-0.05, 0) is 37.1 Å². The van der Waals surface area contributed by atoms with Crippen LogP contribution in [0.25, 0.3) is 0 Å². The van der Waals surface area contributed by atoms with Gasteiger partial charge in [-0.3, -0.25) is 9.36 Å². The lowest BCUT2D eigenvalue weighted by atomic mass is 10.2. The molecule has 27 heavy (non-hydrogen) atoms. The summed E-state index contributed by atoms with van der Waals surface area (Å²) in [6.45, 7) is -1.01. The van der Waals surface area contributed by atoms with Gasteiger partial charge in [-0.2, -0.15) is 18.3 Å². The molecule has 0 saturated heterocycles. The SMILES string of the molecule is O=C(Cn1nc2n(c1=O)CCCCC2)Nc1ccc(OCC(F)(F)F)cc1. The van der Waals surface area contributed by atoms with Gasteiger partial charge in [-0.15, -0.1) is 0 Å². The number of amides is 1. The number of ether oxygens (including phenoxy) is 1. The molecule has 0 fully saturated rings. The van der Waals surface area contributed by atoms with Crippen molar-refractivity contribution in [2.24, 2.45) is 0 Å². The third kappa shape index (κ3) is 5.11. The van der Waals surface area contributed by atoms with Gasteiger partial charge in [0.15, 0.2) is 6.61 Å². The zero-order valence-electron chi connectivity index (χ0n) is 14.5. The standard InChI is InChI=1S/C17H19F3N4O3/c18-17(19,20)11-27-13-7-5-12(6-8-13)21-15(25)10-24-16(26)23-9-3-1-2-4-14(23)22-24/h5-8H,1-4,9-11H2,(H,21,25). The Morgan fingerprint density at radius 1 is 1.19 bits per heavy atom. The summed E-state index contributed by atoms with van der Waals surface area (Å²) in [5, 5.41) is 6.82. The lowest BCUT2D eigenvalue weighted by molar-refractivity contribution is -0.153. The molecule has 0 saturated carbocycles. The molecular formula is C17H19F3N4O3. The lowest BCUT2D eigenvalue weighted by Gasteiger charge is -2.10. The monoisotopic (exact) mass is 384 g/mol. The molecule has 1 aliphatic heterocycles. The first-order valence-electron chi connectivity index (χ1n) is 8.58. The van der Waals surface area contributed by atoms with E-state index in [1.165, 1.54) is 24.3 Å². The number of hydrogen-bond donors (Lipinski definition) is 1. The largest absolute Gasteiger partial charge is 0.484 e. The normalized spacial score (nSPS) is 14.3. The van der Waals surface area contributed by atoms with Gasteiger partial charge in [0.2, 0.25) is 5.91 Å². The van der Waals surface area contributed by atoms with Gasteiger partial charge >= 0.3 is 11.9 Å². The number of aromatic nitrogens is 3. The van der Waals surface area contributed by atoms with E-state index in [2.05, 4.69) is 15.2 Å². The number of nitrogens with zero attached hydrogens (tertiary/aromatic N) is 3. The van der Waals surface area contributed by atoms with Gasteiger partial charge in [0.05, 0.1) is 0 Å². The summed E-state index contributed by atoms with van der Waals surface area (Å²) in [4.78, 5) is 24.5. The lowest BCUT2D eigenvalue weighted by Crippen LogP contribution is -2.30. The summed E-state index contributed by atoms with van der Waals surface area (Å²) in [5.74, 6) is 0.283. The van der Waals surface area contributed by atoms with Crippen LogP contribution in [0.4, 0.5) is 18.9 Å². The molecule has 3 rings (SSSR count). The molecule has 0 atom stereocenters. The first kappa shape index (κ1) is 19.0. The van der Waals surface area contributed by atoms with E-state index < -0.39 is 18.7 Å². The first-order chi connectivity index (χ1) is 12.8. The highest BCUT2D eigenvalue weighted by Crippen LogP contribution is 2.20. The Labute approximate surface area is 152 Å². The zero-order valence-corrected chi connectivity index (χ0v) is 14.5. The summed E-state index contributed by atoms with van der Waals surface area (Å²) >= 11 is 0. The third-order valence-corrected chi connectivity index (χ3v) is 4.12. The van der Waals surface area contributed by atoms with Crippen LogP contribution in [0, 0.1) is 0 Å². The predicted octanol–water partition coefficient (Wildman–Crippen LogP) is 2.35. The number of halogens is 3. The fourth-order valence-electron chi connectivity index (χ4n) is 2.86. The highest BCUT2D eigenvalue weighted by Gasteiger charge is 2.28. The Balaban J connectivity index is 1.59. The van der Waals surface area contributed by atoms with Gasteiger partial charge < -0.3 is 10.1 Å². The highest BCUT2D eigenvalue weighted by atomic mass is 19.4. The van der Waals surface area contributed by atoms with Gasteiger partial charge in [-0.1, -0.05) is 6.42 Å². The summed E-state index contributed by atoms with van der Waals surface area (Å²) < 4.78 is 43.7. The maximum atomic E-state index is 12.3. The molecule has 146 valence electrons. The number of alkyl halides is 3. The van der Waals surface area contributed by atoms with E-state index >= 15 is 0 Å². The van der Waals surface area contributed by atoms with Crippen LogP contribution in [0.1, 0.15) is 25.1 Å². The Hall–Kier alpha value is -2.78. The second kappa shape index (κ2) is 7.85. The van der Waals surface area contributed by atoms with Gasteiger partial charge in [0.25, 0.3) is 0 Å². The zero-order chi connectivity index (χ0) is 19.4. The topological polar surface area (TPSA) is 78.2 Å². The van der Waals surface area contributed by atoms with E-state index in [1.54, 1.807) is 4.57 Å². The number of nitrogens with one attached hydrogen (secondary N) is 1. The molecule has 0 spiro atoms. The number of rotatable bonds is 5. The van der Waals surface area contributed by atoms with Gasteiger partial charge in [-0.25, -0.2) is 9.48 Å². The van der Waals surface area contributed by atoms with Gasteiger partial charge in [0, 0.05) is 18.7 Å². The summed E-state index contributed by atoms with van der Waals surface area (Å²) in [6.07, 6.45) is -0.781. The van der Waals surface area contributed by atoms with Crippen molar-refractivity contribution >= 4 is 11.6 Å². The van der Waals surface area contributed by atoms with Crippen LogP contribution in [0.2, 0.25) is 0 Å². The van der Waals surface area contributed by atoms with Crippen LogP contribution >= 0.6 is 0 Å². The number of carbonyl (C=O) groups excluding carboxylic acids is 1. The molecule has 1 aliphatic rings. The molecule has 0 aliphatic carbocycles. The van der Waals surface area contributed by atoms with E-state index in [4.69, 9.17) is 0 Å². The van der Waals surface area contributed by atoms with Crippen LogP contribution in [-0.4, -0.2) is 33.0 Å². The number of aryl methyl sites for hydroxylation is 1. The fourth-order valence-corrected chi connectivity index (χ4v) is 2.86. The number of anilines is 1. The van der Waals surface area contributed by atoms with Crippen LogP contribution in [0.3, 0.4) is 0 Å². The summed E-state index contributed by atoms with van der Waals surface area (Å²) in [6, 6.07) is 5.50. The number of carbonyl (C=O) groups is 1. The Kier molecular flexibility index (Phi) is 5.52. The van der Waals surface area contributed by atoms with Crippen molar-refractivity contribution in [1.29, 1.82) is 0 Å². The second-order valence-electron chi connectivity index (χ2n) is 6.30. The van der Waals surface area contributed by atoms with Crippen molar-refractivity contribution in [1.82, 2.24) is 14.3 Å². The Morgan fingerprint density at radius 3 is 2.63 bits per heavy atom. The van der Waals surface area contributed by atoms with Crippen LogP contribution in [0.15, 0.2) is 29.1 Å². The summed E-state index contributed by atoms with van der Waals surface area (Å²) in [7, 11) is 0. The molecule has 2 heterocycles. The van der Waals surface area contributed by atoms with Crippen LogP contribution < -0.4 is 15.7 Å². The molecule has 1 aromatic heterocycles. The number of benzene rings is 1. The maximum absolute atomic E-state index is 12.3. The average molecular weight is 384 g/mol. The Bertz CT molecular complexity index is 856. The smallest absolute Gasteiger partial charge is 0.422 e. The van der Waals surface area contributed by atoms with Crippen LogP contribution in [-0.2, 0) is 24.3 Å². The molecule has 2 aromatic rings. The number of hydrogen-bond acceptors (Lipinski definition) is 4. The second-order valence-corrected chi connectivity index (χ2v) is 6.30. The maximum Gasteiger partial charge on any atom is 0.422 e. The van der Waals surface area contributed by atoms with E-state index in [9.17, 15) is 22.8 Å². The van der Waals surface area contributed by atoms with Crippen LogP contribution in [0.5, 0.6) is 5.75 Å². The molecule has 0 unspecified atom stereocenters. The minimum atomic E-state index is -4.41. The van der Waals surface area contributed by atoms with E-state index in [-0.39, 0.29) is 18.0 Å². The molecule has 0 radical (unpaired) electrons. The average Bonchev–Trinajstić information content (AvgIpc) is 2.77. The molecule has 1 aromatic carbocycles. The molecule has 1 N–H and O–H groups in total. The van der Waals surface area contributed by atoms with E-state index in [1.807, 2.05) is 0 Å². The quantitative estimate of drug-likeness (QED) is 0.859. The first-order valence-corrected chi connectivity index (χ1v) is 8.58. The molecule has 10 heteroatoms. The van der Waals surface area contributed by atoms with E-state index in [0.29, 0.717) is 24.5 Å². The van der Waals surface area contributed by atoms with Crippen molar-refractivity contribution in [3.63, 3.8) is 0 Å². The van der Waals surface area contributed by atoms with Crippen molar-refractivity contribution in [3.05, 3.63) is 40.6 Å². The summed E-state index contributed by atoms with van der Waals surface area (Å²) in [5.41, 5.74) is 0.0751. The third-order valence-electron chi connectivity index (χ3n) is 4.12. The number of fused-ring (bicyclic) bond motifs is 1. The van der Waals surface area contributed by atoms with Crippen molar-refractivity contribution in [2.45, 2.75) is 44.9 Å². The molecular weight excluding hydrogens is 365 g/mol. The molecule has 1 amide bonds. The highest BCUT2D eigenvalue weighted by molar-refractivity contribution is 5.90. The predicted molar refractivity (Wildman–Crippen MR) is 90.7 cm³/mol. The molecule has 0 bridgehead atoms.